The Hall–Kier alpha value is -0.930. The van der Waals surface area contributed by atoms with E-state index in [0.717, 1.165) is 20.5 Å². The molecule has 0 saturated carbocycles. The SMILES string of the molecule is CN(Cc1ccc(Cl)s1)S(=O)(=O)c1ccsc1C(=O)O. The molecule has 0 aromatic carbocycles. The zero-order valence-electron chi connectivity index (χ0n) is 10.2. The third-order valence-corrected chi connectivity index (χ3v) is 6.61. The molecule has 0 amide bonds. The fourth-order valence-corrected chi connectivity index (χ4v) is 5.17. The van der Waals surface area contributed by atoms with E-state index in [0.29, 0.717) is 4.34 Å². The fraction of sp³-hybridized carbons (Fsp3) is 0.182. The van der Waals surface area contributed by atoms with Gasteiger partial charge < -0.3 is 5.11 Å². The van der Waals surface area contributed by atoms with Gasteiger partial charge in [-0.05, 0) is 23.6 Å². The van der Waals surface area contributed by atoms with Crippen molar-refractivity contribution in [2.24, 2.45) is 0 Å². The third kappa shape index (κ3) is 3.04. The van der Waals surface area contributed by atoms with Gasteiger partial charge in [0.1, 0.15) is 9.77 Å². The number of thiophene rings is 2. The van der Waals surface area contributed by atoms with Crippen LogP contribution in [0.2, 0.25) is 4.34 Å². The Morgan fingerprint density at radius 3 is 2.65 bits per heavy atom. The highest BCUT2D eigenvalue weighted by molar-refractivity contribution is 7.89. The van der Waals surface area contributed by atoms with E-state index in [1.807, 2.05) is 0 Å². The number of carbonyl (C=O) groups is 1. The summed E-state index contributed by atoms with van der Waals surface area (Å²) in [5, 5.41) is 10.5. The van der Waals surface area contributed by atoms with Gasteiger partial charge >= 0.3 is 5.97 Å². The monoisotopic (exact) mass is 351 g/mol. The van der Waals surface area contributed by atoms with Gasteiger partial charge in [0.05, 0.1) is 4.34 Å². The van der Waals surface area contributed by atoms with E-state index in [4.69, 9.17) is 16.7 Å². The molecular weight excluding hydrogens is 342 g/mol. The molecule has 2 aromatic rings. The summed E-state index contributed by atoms with van der Waals surface area (Å²) in [6.45, 7) is 0.147. The summed E-state index contributed by atoms with van der Waals surface area (Å²) in [6, 6.07) is 4.74. The number of carboxylic acids is 1. The van der Waals surface area contributed by atoms with Gasteiger partial charge in [-0.25, -0.2) is 13.2 Å². The van der Waals surface area contributed by atoms with Gasteiger partial charge in [-0.15, -0.1) is 22.7 Å². The molecule has 1 N–H and O–H groups in total. The maximum absolute atomic E-state index is 12.4. The Labute approximate surface area is 129 Å². The highest BCUT2D eigenvalue weighted by Crippen LogP contribution is 2.27. The first-order valence-corrected chi connectivity index (χ1v) is 8.85. The summed E-state index contributed by atoms with van der Waals surface area (Å²) in [4.78, 5) is 11.5. The van der Waals surface area contributed by atoms with Gasteiger partial charge in [-0.1, -0.05) is 11.6 Å². The van der Waals surface area contributed by atoms with Crippen LogP contribution in [-0.4, -0.2) is 30.8 Å². The van der Waals surface area contributed by atoms with Crippen LogP contribution in [0.5, 0.6) is 0 Å². The molecule has 0 aliphatic heterocycles. The molecule has 0 bridgehead atoms. The Morgan fingerprint density at radius 2 is 2.10 bits per heavy atom. The molecule has 0 aliphatic rings. The molecule has 0 saturated heterocycles. The van der Waals surface area contributed by atoms with Crippen LogP contribution in [0.15, 0.2) is 28.5 Å². The molecule has 2 heterocycles. The van der Waals surface area contributed by atoms with Crippen LogP contribution in [0.3, 0.4) is 0 Å². The molecule has 0 atom stereocenters. The number of aromatic carboxylic acids is 1. The summed E-state index contributed by atoms with van der Waals surface area (Å²) >= 11 is 7.97. The first kappa shape index (κ1) is 15.5. The minimum absolute atomic E-state index is 0.147. The van der Waals surface area contributed by atoms with Gasteiger partial charge in [0.2, 0.25) is 10.0 Å². The van der Waals surface area contributed by atoms with Gasteiger partial charge in [0.15, 0.2) is 0 Å². The Balaban J connectivity index is 2.30. The lowest BCUT2D eigenvalue weighted by molar-refractivity contribution is 0.0698. The van der Waals surface area contributed by atoms with Crippen LogP contribution in [0.25, 0.3) is 0 Å². The molecule has 108 valence electrons. The smallest absolute Gasteiger partial charge is 0.347 e. The van der Waals surface area contributed by atoms with Crippen molar-refractivity contribution in [3.8, 4) is 0 Å². The van der Waals surface area contributed by atoms with Crippen LogP contribution >= 0.6 is 34.3 Å². The van der Waals surface area contributed by atoms with Crippen LogP contribution in [0, 0.1) is 0 Å². The maximum Gasteiger partial charge on any atom is 0.347 e. The van der Waals surface area contributed by atoms with Crippen molar-refractivity contribution >= 4 is 50.3 Å². The Kier molecular flexibility index (Phi) is 4.50. The average molecular weight is 352 g/mol. The second-order valence-electron chi connectivity index (χ2n) is 3.89. The number of hydrogen-bond acceptors (Lipinski definition) is 5. The molecule has 5 nitrogen and oxygen atoms in total. The second-order valence-corrected chi connectivity index (χ2v) is 8.62. The predicted octanol–water partition coefficient (Wildman–Crippen LogP) is 2.98. The molecule has 20 heavy (non-hydrogen) atoms. The highest BCUT2D eigenvalue weighted by atomic mass is 35.5. The minimum atomic E-state index is -3.83. The molecule has 9 heteroatoms. The molecule has 0 spiro atoms. The van der Waals surface area contributed by atoms with Crippen molar-refractivity contribution < 1.29 is 18.3 Å². The molecule has 0 fully saturated rings. The zero-order chi connectivity index (χ0) is 14.9. The molecule has 0 unspecified atom stereocenters. The van der Waals surface area contributed by atoms with Gasteiger partial charge in [0.25, 0.3) is 0 Å². The van der Waals surface area contributed by atoms with E-state index >= 15 is 0 Å². The minimum Gasteiger partial charge on any atom is -0.477 e. The van der Waals surface area contributed by atoms with Gasteiger partial charge in [-0.2, -0.15) is 4.31 Å². The van der Waals surface area contributed by atoms with Crippen molar-refractivity contribution in [2.75, 3.05) is 7.05 Å². The Bertz CT molecular complexity index is 734. The topological polar surface area (TPSA) is 74.7 Å². The van der Waals surface area contributed by atoms with Crippen molar-refractivity contribution in [1.82, 2.24) is 4.31 Å². The normalized spacial score (nSPS) is 11.9. The number of hydrogen-bond donors (Lipinski definition) is 1. The number of rotatable bonds is 5. The number of carboxylic acid groups (broad SMARTS) is 1. The maximum atomic E-state index is 12.4. The second kappa shape index (κ2) is 5.82. The van der Waals surface area contributed by atoms with Gasteiger partial charge in [0, 0.05) is 18.5 Å². The predicted molar refractivity (Wildman–Crippen MR) is 79.3 cm³/mol. The zero-order valence-corrected chi connectivity index (χ0v) is 13.4. The molecular formula is C11H10ClNO4S3. The quantitative estimate of drug-likeness (QED) is 0.898. The molecule has 2 rings (SSSR count). The number of nitrogens with zero attached hydrogens (tertiary/aromatic N) is 1. The van der Waals surface area contributed by atoms with E-state index in [1.54, 1.807) is 12.1 Å². The van der Waals surface area contributed by atoms with Crippen molar-refractivity contribution in [2.45, 2.75) is 11.4 Å². The van der Waals surface area contributed by atoms with Crippen molar-refractivity contribution in [1.29, 1.82) is 0 Å². The molecule has 2 aromatic heterocycles. The lowest BCUT2D eigenvalue weighted by Gasteiger charge is -2.15. The Morgan fingerprint density at radius 1 is 1.40 bits per heavy atom. The van der Waals surface area contributed by atoms with Crippen molar-refractivity contribution in [3.63, 3.8) is 0 Å². The lowest BCUT2D eigenvalue weighted by Crippen LogP contribution is -2.27. The first-order valence-electron chi connectivity index (χ1n) is 5.33. The van der Waals surface area contributed by atoms with Crippen LogP contribution in [0.1, 0.15) is 14.5 Å². The van der Waals surface area contributed by atoms with Gasteiger partial charge in [-0.3, -0.25) is 0 Å². The van der Waals surface area contributed by atoms with Crippen LogP contribution in [0.4, 0.5) is 0 Å². The van der Waals surface area contributed by atoms with Crippen LogP contribution in [-0.2, 0) is 16.6 Å². The van der Waals surface area contributed by atoms with E-state index in [2.05, 4.69) is 0 Å². The molecule has 0 radical (unpaired) electrons. The highest BCUT2D eigenvalue weighted by Gasteiger charge is 2.28. The van der Waals surface area contributed by atoms with E-state index < -0.39 is 16.0 Å². The van der Waals surface area contributed by atoms with E-state index in [9.17, 15) is 13.2 Å². The van der Waals surface area contributed by atoms with E-state index in [-0.39, 0.29) is 16.3 Å². The molecule has 0 aliphatic carbocycles. The number of halogens is 1. The summed E-state index contributed by atoms with van der Waals surface area (Å²) < 4.78 is 26.4. The summed E-state index contributed by atoms with van der Waals surface area (Å²) in [5.74, 6) is -1.24. The lowest BCUT2D eigenvalue weighted by atomic mass is 10.5. The average Bonchev–Trinajstić information content (AvgIpc) is 2.98. The van der Waals surface area contributed by atoms with Crippen LogP contribution < -0.4 is 0 Å². The largest absolute Gasteiger partial charge is 0.477 e. The van der Waals surface area contributed by atoms with Crippen molar-refractivity contribution in [3.05, 3.63) is 37.7 Å². The summed E-state index contributed by atoms with van der Waals surface area (Å²) in [5.41, 5.74) is 0. The summed E-state index contributed by atoms with van der Waals surface area (Å²) in [7, 11) is -2.42. The standard InChI is InChI=1S/C11H10ClNO4S3/c1-13(6-7-2-3-9(12)19-7)20(16,17)8-4-5-18-10(8)11(14)15/h2-5H,6H2,1H3,(H,14,15). The number of sulfonamides is 1. The summed E-state index contributed by atoms with van der Waals surface area (Å²) in [6.07, 6.45) is 0. The third-order valence-electron chi connectivity index (χ3n) is 2.52. The van der Waals surface area contributed by atoms with E-state index in [1.165, 1.54) is 29.8 Å². The fourth-order valence-electron chi connectivity index (χ4n) is 1.57. The first-order chi connectivity index (χ1) is 9.32.